The number of amides is 1. The number of aromatic nitrogens is 1. The van der Waals surface area contributed by atoms with Crippen molar-refractivity contribution in [1.82, 2.24) is 15.2 Å². The van der Waals surface area contributed by atoms with Crippen molar-refractivity contribution in [3.63, 3.8) is 0 Å². The van der Waals surface area contributed by atoms with Gasteiger partial charge in [-0.3, -0.25) is 14.5 Å². The minimum atomic E-state index is -0.461. The molecule has 1 saturated heterocycles. The number of rotatable bonds is 7. The molecule has 1 fully saturated rings. The summed E-state index contributed by atoms with van der Waals surface area (Å²) in [4.78, 5) is 31.5. The minimum Gasteiger partial charge on any atom is -0.497 e. The maximum atomic E-state index is 13.6. The van der Waals surface area contributed by atoms with Gasteiger partial charge in [-0.1, -0.05) is 54.1 Å². The first-order valence-corrected chi connectivity index (χ1v) is 12.5. The molecule has 5 rings (SSSR count). The first kappa shape index (κ1) is 24.9. The summed E-state index contributed by atoms with van der Waals surface area (Å²) in [5.74, 6) is 0.205. The molecule has 1 aliphatic rings. The summed E-state index contributed by atoms with van der Waals surface area (Å²) in [5.41, 5.74) is 4.02. The number of methoxy groups -OCH3 is 2. The summed E-state index contributed by atoms with van der Waals surface area (Å²) in [7, 11) is 3.01. The third kappa shape index (κ3) is 5.19. The number of hydrogen-bond acceptors (Lipinski definition) is 5. The maximum absolute atomic E-state index is 13.6. The van der Waals surface area contributed by atoms with Gasteiger partial charge in [-0.05, 0) is 47.9 Å². The van der Waals surface area contributed by atoms with Crippen LogP contribution in [0.15, 0.2) is 72.8 Å². The Bertz CT molecular complexity index is 1440. The SMILES string of the molecule is COC(=O)[C@@H]1C[C@H](NC(=O)c2[nH]c3ccc(Cl)cc3c2-c2ccccc2)CN1Cc1cccc(OC)c1. The second-order valence-corrected chi connectivity index (χ2v) is 9.59. The van der Waals surface area contributed by atoms with E-state index in [1.54, 1.807) is 13.2 Å². The van der Waals surface area contributed by atoms with Crippen molar-refractivity contribution in [2.75, 3.05) is 20.8 Å². The van der Waals surface area contributed by atoms with Gasteiger partial charge in [0.25, 0.3) is 5.91 Å². The number of halogens is 1. The minimum absolute atomic E-state index is 0.233. The molecule has 0 spiro atoms. The van der Waals surface area contributed by atoms with E-state index in [4.69, 9.17) is 21.1 Å². The maximum Gasteiger partial charge on any atom is 0.323 e. The van der Waals surface area contributed by atoms with Crippen molar-refractivity contribution in [1.29, 1.82) is 0 Å². The molecule has 3 aromatic carbocycles. The van der Waals surface area contributed by atoms with Crippen LogP contribution in [0.1, 0.15) is 22.5 Å². The molecule has 1 amide bonds. The molecule has 0 aliphatic carbocycles. The summed E-state index contributed by atoms with van der Waals surface area (Å²) in [6.07, 6.45) is 0.453. The van der Waals surface area contributed by atoms with Crippen LogP contribution in [-0.2, 0) is 16.1 Å². The predicted molar refractivity (Wildman–Crippen MR) is 144 cm³/mol. The zero-order chi connectivity index (χ0) is 25.9. The van der Waals surface area contributed by atoms with Crippen LogP contribution in [0.3, 0.4) is 0 Å². The smallest absolute Gasteiger partial charge is 0.323 e. The highest BCUT2D eigenvalue weighted by molar-refractivity contribution is 6.31. The third-order valence-electron chi connectivity index (χ3n) is 6.78. The number of carbonyl (C=O) groups excluding carboxylic acids is 2. The van der Waals surface area contributed by atoms with Gasteiger partial charge in [0.05, 0.1) is 14.2 Å². The van der Waals surface area contributed by atoms with Crippen molar-refractivity contribution in [2.45, 2.75) is 25.0 Å². The highest BCUT2D eigenvalue weighted by Gasteiger charge is 2.38. The number of likely N-dealkylation sites (tertiary alicyclic amines) is 1. The number of aromatic amines is 1. The highest BCUT2D eigenvalue weighted by Crippen LogP contribution is 2.34. The second-order valence-electron chi connectivity index (χ2n) is 9.16. The van der Waals surface area contributed by atoms with Crippen LogP contribution in [0.5, 0.6) is 5.75 Å². The number of nitrogens with one attached hydrogen (secondary N) is 2. The lowest BCUT2D eigenvalue weighted by Crippen LogP contribution is -2.38. The van der Waals surface area contributed by atoms with E-state index in [1.807, 2.05) is 71.6 Å². The van der Waals surface area contributed by atoms with Crippen LogP contribution in [0.25, 0.3) is 22.0 Å². The Labute approximate surface area is 220 Å². The first-order valence-electron chi connectivity index (χ1n) is 12.1. The second kappa shape index (κ2) is 10.7. The molecule has 7 nitrogen and oxygen atoms in total. The highest BCUT2D eigenvalue weighted by atomic mass is 35.5. The van der Waals surface area contributed by atoms with Gasteiger partial charge in [0, 0.05) is 40.6 Å². The van der Waals surface area contributed by atoms with Crippen LogP contribution >= 0.6 is 11.6 Å². The first-order chi connectivity index (χ1) is 18.0. The van der Waals surface area contributed by atoms with E-state index in [9.17, 15) is 9.59 Å². The van der Waals surface area contributed by atoms with E-state index in [-0.39, 0.29) is 17.9 Å². The summed E-state index contributed by atoms with van der Waals surface area (Å²) >= 11 is 6.29. The van der Waals surface area contributed by atoms with Crippen LogP contribution in [0.2, 0.25) is 5.02 Å². The summed E-state index contributed by atoms with van der Waals surface area (Å²) in [6.45, 7) is 1.04. The van der Waals surface area contributed by atoms with Crippen molar-refractivity contribution >= 4 is 34.4 Å². The van der Waals surface area contributed by atoms with Crippen LogP contribution < -0.4 is 10.1 Å². The fourth-order valence-electron chi connectivity index (χ4n) is 5.07. The third-order valence-corrected chi connectivity index (χ3v) is 7.02. The van der Waals surface area contributed by atoms with E-state index in [1.165, 1.54) is 7.11 Å². The zero-order valence-electron chi connectivity index (χ0n) is 20.7. The van der Waals surface area contributed by atoms with E-state index in [0.29, 0.717) is 30.2 Å². The van der Waals surface area contributed by atoms with E-state index in [0.717, 1.165) is 33.3 Å². The average molecular weight is 518 g/mol. The predicted octanol–water partition coefficient (Wildman–Crippen LogP) is 5.04. The fourth-order valence-corrected chi connectivity index (χ4v) is 5.24. The number of fused-ring (bicyclic) bond motifs is 1. The summed E-state index contributed by atoms with van der Waals surface area (Å²) in [5, 5.41) is 4.63. The molecule has 0 saturated carbocycles. The number of nitrogens with zero attached hydrogens (tertiary/aromatic N) is 1. The molecular weight excluding hydrogens is 490 g/mol. The number of benzene rings is 3. The summed E-state index contributed by atoms with van der Waals surface area (Å²) in [6, 6.07) is 22.3. The molecule has 2 heterocycles. The van der Waals surface area contributed by atoms with Gasteiger partial charge in [0.1, 0.15) is 17.5 Å². The Balaban J connectivity index is 1.41. The van der Waals surface area contributed by atoms with Gasteiger partial charge < -0.3 is 19.8 Å². The molecule has 2 atom stereocenters. The molecule has 8 heteroatoms. The molecule has 1 aromatic heterocycles. The lowest BCUT2D eigenvalue weighted by molar-refractivity contribution is -0.146. The zero-order valence-corrected chi connectivity index (χ0v) is 21.4. The topological polar surface area (TPSA) is 83.7 Å². The van der Waals surface area contributed by atoms with Gasteiger partial charge in [-0.25, -0.2) is 0 Å². The largest absolute Gasteiger partial charge is 0.497 e. The monoisotopic (exact) mass is 517 g/mol. The Hall–Kier alpha value is -3.81. The molecule has 190 valence electrons. The van der Waals surface area contributed by atoms with E-state index < -0.39 is 6.04 Å². The average Bonchev–Trinajstić information content (AvgIpc) is 3.49. The molecular formula is C29H28ClN3O4. The quantitative estimate of drug-likeness (QED) is 0.335. The number of esters is 1. The van der Waals surface area contributed by atoms with Crippen LogP contribution in [-0.4, -0.2) is 54.6 Å². The van der Waals surface area contributed by atoms with Crippen molar-refractivity contribution in [3.05, 3.63) is 89.1 Å². The Morgan fingerprint density at radius 2 is 1.86 bits per heavy atom. The van der Waals surface area contributed by atoms with Crippen LogP contribution in [0.4, 0.5) is 0 Å². The van der Waals surface area contributed by atoms with E-state index in [2.05, 4.69) is 10.3 Å². The lowest BCUT2D eigenvalue weighted by atomic mass is 10.0. The Morgan fingerprint density at radius 3 is 2.62 bits per heavy atom. The van der Waals surface area contributed by atoms with Crippen molar-refractivity contribution in [2.24, 2.45) is 0 Å². The molecule has 0 radical (unpaired) electrons. The van der Waals surface area contributed by atoms with Gasteiger partial charge in [-0.2, -0.15) is 0 Å². The van der Waals surface area contributed by atoms with Gasteiger partial charge in [0.15, 0.2) is 0 Å². The number of carbonyl (C=O) groups is 2. The van der Waals surface area contributed by atoms with Crippen LogP contribution in [0, 0.1) is 0 Å². The molecule has 37 heavy (non-hydrogen) atoms. The number of H-pyrrole nitrogens is 1. The van der Waals surface area contributed by atoms with Crippen molar-refractivity contribution < 1.29 is 19.1 Å². The standard InChI is InChI=1S/C29H28ClN3O4/c1-36-22-10-6-7-18(13-22)16-33-17-21(15-25(33)29(35)37-2)31-28(34)27-26(19-8-4-3-5-9-19)23-14-20(30)11-12-24(23)32-27/h3-14,21,25,32H,15-17H2,1-2H3,(H,31,34)/t21-,25-/m0/s1. The normalized spacial score (nSPS) is 17.6. The van der Waals surface area contributed by atoms with Gasteiger partial charge in [-0.15, -0.1) is 0 Å². The van der Waals surface area contributed by atoms with E-state index >= 15 is 0 Å². The molecule has 0 unspecified atom stereocenters. The Morgan fingerprint density at radius 1 is 1.05 bits per heavy atom. The molecule has 0 bridgehead atoms. The lowest BCUT2D eigenvalue weighted by Gasteiger charge is -2.22. The molecule has 2 N–H and O–H groups in total. The number of ether oxygens (including phenoxy) is 2. The van der Waals surface area contributed by atoms with Crippen molar-refractivity contribution in [3.8, 4) is 16.9 Å². The number of hydrogen-bond donors (Lipinski definition) is 2. The van der Waals surface area contributed by atoms with Gasteiger partial charge in [0.2, 0.25) is 0 Å². The molecule has 1 aliphatic heterocycles. The summed E-state index contributed by atoms with van der Waals surface area (Å²) < 4.78 is 10.4. The fraction of sp³-hybridized carbons (Fsp3) is 0.241. The molecule has 4 aromatic rings. The van der Waals surface area contributed by atoms with Gasteiger partial charge >= 0.3 is 5.97 Å². The Kier molecular flexibility index (Phi) is 7.17.